The first-order chi connectivity index (χ1) is 16.1. The molecule has 33 heavy (non-hydrogen) atoms. The number of hydrogen-bond donors (Lipinski definition) is 4. The van der Waals surface area contributed by atoms with Crippen molar-refractivity contribution in [3.63, 3.8) is 0 Å². The standard InChI is InChI=1S/C27H32N2O4/c30-16-22(13-18-7-3-1-4-8-18)28-26(32)24-20-11-12-21(15-20)25(24)27(33)29-23(17-31)14-19-9-5-2-6-10-19/h1-12,20-25,30-31H,13-17H2,(H,28,32)(H,29,33)/t20-,21+,22-,23-,24+,25+/m0/s1. The van der Waals surface area contributed by atoms with Crippen molar-refractivity contribution in [2.24, 2.45) is 23.7 Å². The fraction of sp³-hybridized carbons (Fsp3) is 0.407. The third-order valence-corrected chi connectivity index (χ3v) is 6.85. The fourth-order valence-corrected chi connectivity index (χ4v) is 5.25. The normalized spacial score (nSPS) is 24.9. The van der Waals surface area contributed by atoms with Gasteiger partial charge < -0.3 is 20.8 Å². The fourth-order valence-electron chi connectivity index (χ4n) is 5.25. The van der Waals surface area contributed by atoms with Crippen molar-refractivity contribution in [3.8, 4) is 0 Å². The molecule has 2 bridgehead atoms. The molecule has 2 aromatic carbocycles. The van der Waals surface area contributed by atoms with Crippen LogP contribution in [0.25, 0.3) is 0 Å². The van der Waals surface area contributed by atoms with Crippen LogP contribution in [-0.2, 0) is 22.4 Å². The Balaban J connectivity index is 1.42. The second-order valence-corrected chi connectivity index (χ2v) is 9.16. The Bertz CT molecular complexity index is 885. The second kappa shape index (κ2) is 10.8. The van der Waals surface area contributed by atoms with Crippen LogP contribution in [-0.4, -0.2) is 47.3 Å². The van der Waals surface area contributed by atoms with E-state index in [1.165, 1.54) is 0 Å². The minimum atomic E-state index is -0.471. The minimum absolute atomic E-state index is 0.0171. The number of aliphatic hydroxyl groups is 2. The van der Waals surface area contributed by atoms with E-state index in [1.807, 2.05) is 72.8 Å². The molecule has 6 atom stereocenters. The number of amides is 2. The first-order valence-corrected chi connectivity index (χ1v) is 11.7. The number of carbonyl (C=O) groups is 2. The molecule has 6 nitrogen and oxygen atoms in total. The van der Waals surface area contributed by atoms with Crippen LogP contribution in [0.1, 0.15) is 17.5 Å². The van der Waals surface area contributed by atoms with Gasteiger partial charge >= 0.3 is 0 Å². The van der Waals surface area contributed by atoms with Gasteiger partial charge in [-0.15, -0.1) is 0 Å². The molecule has 0 unspecified atom stereocenters. The number of fused-ring (bicyclic) bond motifs is 2. The van der Waals surface area contributed by atoms with Gasteiger partial charge in [0.15, 0.2) is 0 Å². The van der Waals surface area contributed by atoms with E-state index < -0.39 is 23.9 Å². The van der Waals surface area contributed by atoms with Crippen LogP contribution in [0.2, 0.25) is 0 Å². The summed E-state index contributed by atoms with van der Waals surface area (Å²) in [7, 11) is 0. The molecule has 2 aromatic rings. The smallest absolute Gasteiger partial charge is 0.224 e. The molecule has 0 aromatic heterocycles. The third-order valence-electron chi connectivity index (χ3n) is 6.85. The number of hydrogen-bond acceptors (Lipinski definition) is 4. The van der Waals surface area contributed by atoms with Gasteiger partial charge in [-0.05, 0) is 42.2 Å². The van der Waals surface area contributed by atoms with E-state index in [0.717, 1.165) is 17.5 Å². The predicted octanol–water partition coefficient (Wildman–Crippen LogP) is 1.86. The Morgan fingerprint density at radius 1 is 0.727 bits per heavy atom. The Morgan fingerprint density at radius 2 is 1.12 bits per heavy atom. The maximum absolute atomic E-state index is 13.3. The molecule has 1 saturated carbocycles. The molecule has 0 spiro atoms. The highest BCUT2D eigenvalue weighted by molar-refractivity contribution is 5.90. The van der Waals surface area contributed by atoms with Crippen molar-refractivity contribution in [1.29, 1.82) is 0 Å². The molecule has 4 N–H and O–H groups in total. The van der Waals surface area contributed by atoms with Crippen molar-refractivity contribution >= 4 is 11.8 Å². The number of rotatable bonds is 10. The molecule has 2 aliphatic carbocycles. The van der Waals surface area contributed by atoms with E-state index in [0.29, 0.717) is 12.8 Å². The van der Waals surface area contributed by atoms with E-state index in [4.69, 9.17) is 0 Å². The van der Waals surface area contributed by atoms with Crippen LogP contribution in [0.5, 0.6) is 0 Å². The summed E-state index contributed by atoms with van der Waals surface area (Å²) in [5.41, 5.74) is 2.07. The predicted molar refractivity (Wildman–Crippen MR) is 126 cm³/mol. The SMILES string of the molecule is O=C(N[C@H](CO)Cc1ccccc1)[C@H]1[C@H](C(=O)N[C@H](CO)Cc2ccccc2)[C@H]2C=C[C@@H]1C2. The van der Waals surface area contributed by atoms with Gasteiger partial charge in [0.2, 0.25) is 11.8 Å². The van der Waals surface area contributed by atoms with Crippen LogP contribution in [0.4, 0.5) is 0 Å². The first kappa shape index (κ1) is 23.2. The molecule has 2 amide bonds. The monoisotopic (exact) mass is 448 g/mol. The Kier molecular flexibility index (Phi) is 7.57. The van der Waals surface area contributed by atoms with Crippen LogP contribution in [0.3, 0.4) is 0 Å². The number of allylic oxidation sites excluding steroid dienone is 2. The molecular weight excluding hydrogens is 416 g/mol. The van der Waals surface area contributed by atoms with Crippen LogP contribution >= 0.6 is 0 Å². The van der Waals surface area contributed by atoms with Crippen LogP contribution in [0, 0.1) is 23.7 Å². The number of nitrogens with one attached hydrogen (secondary N) is 2. The van der Waals surface area contributed by atoms with Crippen molar-refractivity contribution in [3.05, 3.63) is 83.9 Å². The van der Waals surface area contributed by atoms with E-state index in [1.54, 1.807) is 0 Å². The van der Waals surface area contributed by atoms with Crippen LogP contribution in [0.15, 0.2) is 72.8 Å². The van der Waals surface area contributed by atoms with Crippen molar-refractivity contribution in [2.45, 2.75) is 31.3 Å². The molecule has 2 aliphatic rings. The lowest BCUT2D eigenvalue weighted by Crippen LogP contribution is -2.50. The van der Waals surface area contributed by atoms with Gasteiger partial charge in [-0.3, -0.25) is 9.59 Å². The lowest BCUT2D eigenvalue weighted by atomic mass is 9.81. The quantitative estimate of drug-likeness (QED) is 0.417. The van der Waals surface area contributed by atoms with Gasteiger partial charge in [-0.1, -0.05) is 72.8 Å². The topological polar surface area (TPSA) is 98.7 Å². The highest BCUT2D eigenvalue weighted by atomic mass is 16.3. The van der Waals surface area contributed by atoms with E-state index in [-0.39, 0.29) is 36.9 Å². The van der Waals surface area contributed by atoms with Gasteiger partial charge in [-0.2, -0.15) is 0 Å². The molecule has 0 aliphatic heterocycles. The summed E-state index contributed by atoms with van der Waals surface area (Å²) in [5.74, 6) is -1.29. The van der Waals surface area contributed by atoms with Gasteiger partial charge in [0.25, 0.3) is 0 Å². The third kappa shape index (κ3) is 5.52. The summed E-state index contributed by atoms with van der Waals surface area (Å²) in [4.78, 5) is 26.5. The lowest BCUT2D eigenvalue weighted by molar-refractivity contribution is -0.136. The lowest BCUT2D eigenvalue weighted by Gasteiger charge is -2.29. The summed E-state index contributed by atoms with van der Waals surface area (Å²) < 4.78 is 0. The molecular formula is C27H32N2O4. The molecule has 0 heterocycles. The number of carbonyl (C=O) groups excluding carboxylic acids is 2. The summed E-state index contributed by atoms with van der Waals surface area (Å²) >= 11 is 0. The molecule has 174 valence electrons. The van der Waals surface area contributed by atoms with Crippen molar-refractivity contribution in [1.82, 2.24) is 10.6 Å². The average molecular weight is 449 g/mol. The minimum Gasteiger partial charge on any atom is -0.394 e. The van der Waals surface area contributed by atoms with Gasteiger partial charge in [0.05, 0.1) is 37.1 Å². The molecule has 6 heteroatoms. The molecule has 1 fully saturated rings. The van der Waals surface area contributed by atoms with Crippen molar-refractivity contribution in [2.75, 3.05) is 13.2 Å². The van der Waals surface area contributed by atoms with E-state index in [9.17, 15) is 19.8 Å². The van der Waals surface area contributed by atoms with E-state index >= 15 is 0 Å². The first-order valence-electron chi connectivity index (χ1n) is 11.7. The molecule has 4 rings (SSSR count). The Morgan fingerprint density at radius 3 is 1.48 bits per heavy atom. The van der Waals surface area contributed by atoms with Crippen molar-refractivity contribution < 1.29 is 19.8 Å². The summed E-state index contributed by atoms with van der Waals surface area (Å²) in [6, 6.07) is 18.6. The van der Waals surface area contributed by atoms with Gasteiger partial charge in [0.1, 0.15) is 0 Å². The molecule has 0 saturated heterocycles. The highest BCUT2D eigenvalue weighted by Crippen LogP contribution is 2.48. The summed E-state index contributed by atoms with van der Waals surface area (Å²) in [6.07, 6.45) is 5.91. The Hall–Kier alpha value is -2.96. The summed E-state index contributed by atoms with van der Waals surface area (Å²) in [5, 5.41) is 25.6. The zero-order valence-electron chi connectivity index (χ0n) is 18.6. The zero-order chi connectivity index (χ0) is 23.2. The Labute approximate surface area is 194 Å². The average Bonchev–Trinajstić information content (AvgIpc) is 3.46. The summed E-state index contributed by atoms with van der Waals surface area (Å²) in [6.45, 7) is -0.338. The van der Waals surface area contributed by atoms with Crippen LogP contribution < -0.4 is 10.6 Å². The second-order valence-electron chi connectivity index (χ2n) is 9.16. The number of aliphatic hydroxyl groups excluding tert-OH is 2. The maximum Gasteiger partial charge on any atom is 0.224 e. The van der Waals surface area contributed by atoms with Gasteiger partial charge in [-0.25, -0.2) is 0 Å². The largest absolute Gasteiger partial charge is 0.394 e. The zero-order valence-corrected chi connectivity index (χ0v) is 18.6. The van der Waals surface area contributed by atoms with Gasteiger partial charge in [0, 0.05) is 0 Å². The highest BCUT2D eigenvalue weighted by Gasteiger charge is 2.51. The maximum atomic E-state index is 13.3. The number of benzene rings is 2. The van der Waals surface area contributed by atoms with E-state index in [2.05, 4.69) is 10.6 Å². The molecule has 0 radical (unpaired) electrons.